The highest BCUT2D eigenvalue weighted by Crippen LogP contribution is 2.45. The molecule has 0 bridgehead atoms. The zero-order chi connectivity index (χ0) is 16.6. The third-order valence-electron chi connectivity index (χ3n) is 4.03. The molecule has 122 valence electrons. The van der Waals surface area contributed by atoms with E-state index in [4.69, 9.17) is 15.2 Å². The second kappa shape index (κ2) is 6.20. The first-order valence-electron chi connectivity index (χ1n) is 7.70. The number of thiophene rings is 1. The number of esters is 1. The molecule has 0 radical (unpaired) electrons. The average Bonchev–Trinajstić information content (AvgIpc) is 2.92. The average molecular weight is 333 g/mol. The van der Waals surface area contributed by atoms with Gasteiger partial charge in [-0.3, -0.25) is 4.79 Å². The van der Waals surface area contributed by atoms with Crippen LogP contribution in [-0.4, -0.2) is 18.4 Å². The molecule has 1 aromatic rings. The molecule has 2 aliphatic rings. The fourth-order valence-electron chi connectivity index (χ4n) is 3.06. The number of hydrogen-bond donors (Lipinski definition) is 1. The first-order valence-corrected chi connectivity index (χ1v) is 8.51. The second-order valence-corrected chi connectivity index (χ2v) is 6.91. The molecule has 6 heteroatoms. The Bertz CT molecular complexity index is 729. The van der Waals surface area contributed by atoms with Crippen LogP contribution in [0.4, 0.5) is 0 Å². The van der Waals surface area contributed by atoms with E-state index in [1.165, 1.54) is 0 Å². The van der Waals surface area contributed by atoms with Gasteiger partial charge in [-0.15, -0.1) is 11.3 Å². The molecule has 0 saturated carbocycles. The molecule has 2 heterocycles. The van der Waals surface area contributed by atoms with Crippen molar-refractivity contribution in [2.45, 2.75) is 39.0 Å². The Morgan fingerprint density at radius 2 is 2.22 bits per heavy atom. The third-order valence-corrected chi connectivity index (χ3v) is 5.09. The number of hydrogen-bond acceptors (Lipinski definition) is 6. The molecule has 3 rings (SSSR count). The standard InChI is InChI=1S/C17H19NO4S/c1-3-21-17(20)15-14(12-8-7-9(2)23-12)13-10(19)5-4-6-11(13)22-16(15)18/h7-8,14H,3-6,18H2,1-2H3/t14-/m0/s1. The van der Waals surface area contributed by atoms with E-state index in [-0.39, 0.29) is 23.8 Å². The minimum absolute atomic E-state index is 0.0246. The fourth-order valence-corrected chi connectivity index (χ4v) is 4.05. The molecule has 0 unspecified atom stereocenters. The molecule has 2 N–H and O–H groups in total. The predicted molar refractivity (Wildman–Crippen MR) is 86.6 cm³/mol. The van der Waals surface area contributed by atoms with Gasteiger partial charge in [0.25, 0.3) is 0 Å². The summed E-state index contributed by atoms with van der Waals surface area (Å²) < 4.78 is 10.8. The van der Waals surface area contributed by atoms with Gasteiger partial charge in [-0.2, -0.15) is 0 Å². The summed E-state index contributed by atoms with van der Waals surface area (Å²) in [5, 5.41) is 0. The van der Waals surface area contributed by atoms with Crippen molar-refractivity contribution in [3.8, 4) is 0 Å². The lowest BCUT2D eigenvalue weighted by Crippen LogP contribution is -2.31. The Morgan fingerprint density at radius 1 is 1.43 bits per heavy atom. The third kappa shape index (κ3) is 2.79. The van der Waals surface area contributed by atoms with Crippen LogP contribution in [0.5, 0.6) is 0 Å². The van der Waals surface area contributed by atoms with E-state index in [1.54, 1.807) is 18.3 Å². The Morgan fingerprint density at radius 3 is 2.87 bits per heavy atom. The number of carbonyl (C=O) groups is 2. The van der Waals surface area contributed by atoms with Crippen LogP contribution in [-0.2, 0) is 19.1 Å². The van der Waals surface area contributed by atoms with E-state index in [0.717, 1.165) is 16.2 Å². The van der Waals surface area contributed by atoms with Crippen LogP contribution < -0.4 is 5.73 Å². The quantitative estimate of drug-likeness (QED) is 0.861. The van der Waals surface area contributed by atoms with E-state index in [1.807, 2.05) is 19.1 Å². The van der Waals surface area contributed by atoms with Crippen LogP contribution in [0.3, 0.4) is 0 Å². The summed E-state index contributed by atoms with van der Waals surface area (Å²) in [6, 6.07) is 3.91. The summed E-state index contributed by atoms with van der Waals surface area (Å²) >= 11 is 1.55. The zero-order valence-corrected chi connectivity index (χ0v) is 14.0. The summed E-state index contributed by atoms with van der Waals surface area (Å²) in [6.07, 6.45) is 1.88. The number of aryl methyl sites for hydroxylation is 1. The maximum absolute atomic E-state index is 12.5. The lowest BCUT2D eigenvalue weighted by molar-refractivity contribution is -0.139. The van der Waals surface area contributed by atoms with Gasteiger partial charge < -0.3 is 15.2 Å². The van der Waals surface area contributed by atoms with E-state index in [2.05, 4.69) is 0 Å². The van der Waals surface area contributed by atoms with Gasteiger partial charge in [0.15, 0.2) is 5.78 Å². The molecule has 0 aromatic carbocycles. The number of Topliss-reactive ketones (excluding diaryl/α,β-unsaturated/α-hetero) is 1. The molecular formula is C17H19NO4S. The summed E-state index contributed by atoms with van der Waals surface area (Å²) in [5.74, 6) is -0.331. The highest BCUT2D eigenvalue weighted by atomic mass is 32.1. The van der Waals surface area contributed by atoms with Crippen LogP contribution in [0, 0.1) is 6.92 Å². The van der Waals surface area contributed by atoms with Crippen molar-refractivity contribution in [1.82, 2.24) is 0 Å². The molecule has 0 saturated heterocycles. The predicted octanol–water partition coefficient (Wildman–Crippen LogP) is 2.91. The SMILES string of the molecule is CCOC(=O)C1=C(N)OC2=C(C(=O)CCC2)[C@@H]1c1ccc(C)s1. The molecule has 1 aromatic heterocycles. The fraction of sp³-hybridized carbons (Fsp3) is 0.412. The summed E-state index contributed by atoms with van der Waals surface area (Å²) in [5.41, 5.74) is 6.82. The minimum atomic E-state index is -0.522. The van der Waals surface area contributed by atoms with E-state index in [9.17, 15) is 9.59 Å². The number of ketones is 1. The monoisotopic (exact) mass is 333 g/mol. The minimum Gasteiger partial charge on any atom is -0.462 e. The molecule has 5 nitrogen and oxygen atoms in total. The van der Waals surface area contributed by atoms with E-state index >= 15 is 0 Å². The summed E-state index contributed by atoms with van der Waals surface area (Å²) in [4.78, 5) is 26.9. The Hall–Kier alpha value is -2.08. The molecule has 0 spiro atoms. The first kappa shape index (κ1) is 15.8. The van der Waals surface area contributed by atoms with Gasteiger partial charge in [0.05, 0.1) is 12.5 Å². The van der Waals surface area contributed by atoms with Crippen molar-refractivity contribution >= 4 is 23.1 Å². The number of rotatable bonds is 3. The zero-order valence-electron chi connectivity index (χ0n) is 13.2. The van der Waals surface area contributed by atoms with Gasteiger partial charge in [-0.25, -0.2) is 4.79 Å². The van der Waals surface area contributed by atoms with Crippen molar-refractivity contribution < 1.29 is 19.1 Å². The molecule has 1 atom stereocenters. The lowest BCUT2D eigenvalue weighted by atomic mass is 9.80. The van der Waals surface area contributed by atoms with Gasteiger partial charge in [0.1, 0.15) is 11.3 Å². The van der Waals surface area contributed by atoms with Gasteiger partial charge in [-0.05, 0) is 32.4 Å². The topological polar surface area (TPSA) is 78.6 Å². The largest absolute Gasteiger partial charge is 0.462 e. The van der Waals surface area contributed by atoms with Crippen LogP contribution in [0.25, 0.3) is 0 Å². The molecular weight excluding hydrogens is 314 g/mol. The maximum atomic E-state index is 12.5. The maximum Gasteiger partial charge on any atom is 0.340 e. The molecule has 0 amide bonds. The highest BCUT2D eigenvalue weighted by molar-refractivity contribution is 7.12. The van der Waals surface area contributed by atoms with Crippen molar-refractivity contribution in [3.63, 3.8) is 0 Å². The van der Waals surface area contributed by atoms with Crippen molar-refractivity contribution in [1.29, 1.82) is 0 Å². The van der Waals surface area contributed by atoms with Crippen molar-refractivity contribution in [2.75, 3.05) is 6.61 Å². The van der Waals surface area contributed by atoms with Crippen LogP contribution in [0.1, 0.15) is 41.9 Å². The number of allylic oxidation sites excluding steroid dienone is 2. The first-order chi connectivity index (χ1) is 11.0. The summed E-state index contributed by atoms with van der Waals surface area (Å²) in [6.45, 7) is 3.97. The van der Waals surface area contributed by atoms with E-state index < -0.39 is 11.9 Å². The van der Waals surface area contributed by atoms with E-state index in [0.29, 0.717) is 24.2 Å². The smallest absolute Gasteiger partial charge is 0.340 e. The summed E-state index contributed by atoms with van der Waals surface area (Å²) in [7, 11) is 0. The van der Waals surface area contributed by atoms with Crippen LogP contribution in [0.15, 0.2) is 34.9 Å². The Kier molecular flexibility index (Phi) is 4.26. The molecule has 1 aliphatic carbocycles. The second-order valence-electron chi connectivity index (χ2n) is 5.60. The van der Waals surface area contributed by atoms with Gasteiger partial charge >= 0.3 is 5.97 Å². The highest BCUT2D eigenvalue weighted by Gasteiger charge is 2.41. The van der Waals surface area contributed by atoms with Gasteiger partial charge in [-0.1, -0.05) is 0 Å². The van der Waals surface area contributed by atoms with Crippen LogP contribution >= 0.6 is 11.3 Å². The van der Waals surface area contributed by atoms with Crippen molar-refractivity contribution in [3.05, 3.63) is 44.7 Å². The molecule has 1 aliphatic heterocycles. The molecule has 23 heavy (non-hydrogen) atoms. The number of nitrogens with two attached hydrogens (primary N) is 1. The van der Waals surface area contributed by atoms with Gasteiger partial charge in [0.2, 0.25) is 5.88 Å². The number of carbonyl (C=O) groups excluding carboxylic acids is 2. The molecule has 0 fully saturated rings. The number of ether oxygens (including phenoxy) is 2. The normalized spacial score (nSPS) is 21.1. The van der Waals surface area contributed by atoms with Crippen LogP contribution in [0.2, 0.25) is 0 Å². The van der Waals surface area contributed by atoms with Crippen molar-refractivity contribution in [2.24, 2.45) is 5.73 Å². The Labute approximate surface area is 138 Å². The lowest BCUT2D eigenvalue weighted by Gasteiger charge is -2.31. The van der Waals surface area contributed by atoms with Gasteiger partial charge in [0, 0.05) is 28.2 Å². The Balaban J connectivity index is 2.14.